The zero-order valence-electron chi connectivity index (χ0n) is 10.4. The van der Waals surface area contributed by atoms with Crippen molar-refractivity contribution in [1.82, 2.24) is 0 Å². The molecule has 3 nitrogen and oxygen atoms in total. The van der Waals surface area contributed by atoms with Crippen LogP contribution >= 0.6 is 0 Å². The van der Waals surface area contributed by atoms with Crippen LogP contribution in [0.2, 0.25) is 0 Å². The summed E-state index contributed by atoms with van der Waals surface area (Å²) in [5, 5.41) is 0. The number of aryl methyl sites for hydroxylation is 1. The Labute approximate surface area is 103 Å². The maximum atomic E-state index is 6.06. The zero-order valence-corrected chi connectivity index (χ0v) is 10.4. The highest BCUT2D eigenvalue weighted by molar-refractivity contribution is 5.37. The predicted molar refractivity (Wildman–Crippen MR) is 68.4 cm³/mol. The molecule has 1 atom stereocenters. The summed E-state index contributed by atoms with van der Waals surface area (Å²) in [6.45, 7) is 1.22. The van der Waals surface area contributed by atoms with E-state index in [9.17, 15) is 0 Å². The SMILES string of the molecule is COCCOc1ccc2c(c1)CC(N)CCC2. The molecule has 0 saturated heterocycles. The maximum Gasteiger partial charge on any atom is 0.119 e. The van der Waals surface area contributed by atoms with Crippen LogP contribution < -0.4 is 10.5 Å². The van der Waals surface area contributed by atoms with Crippen molar-refractivity contribution in [1.29, 1.82) is 0 Å². The van der Waals surface area contributed by atoms with Crippen LogP contribution in [-0.2, 0) is 17.6 Å². The van der Waals surface area contributed by atoms with Crippen LogP contribution in [0.1, 0.15) is 24.0 Å². The summed E-state index contributed by atoms with van der Waals surface area (Å²) in [6.07, 6.45) is 4.42. The van der Waals surface area contributed by atoms with Gasteiger partial charge in [0.15, 0.2) is 0 Å². The molecule has 0 bridgehead atoms. The molecule has 1 aliphatic carbocycles. The number of nitrogens with two attached hydrogens (primary N) is 1. The molecule has 2 rings (SSSR count). The van der Waals surface area contributed by atoms with Crippen molar-refractivity contribution >= 4 is 0 Å². The van der Waals surface area contributed by atoms with Crippen molar-refractivity contribution in [3.8, 4) is 5.75 Å². The lowest BCUT2D eigenvalue weighted by atomic mass is 10.0. The molecule has 0 amide bonds. The maximum absolute atomic E-state index is 6.06. The first-order valence-corrected chi connectivity index (χ1v) is 6.28. The lowest BCUT2D eigenvalue weighted by Gasteiger charge is -2.11. The second-order valence-electron chi connectivity index (χ2n) is 4.63. The smallest absolute Gasteiger partial charge is 0.119 e. The first-order chi connectivity index (χ1) is 8.29. The predicted octanol–water partition coefficient (Wildman–Crippen LogP) is 1.92. The Morgan fingerprint density at radius 2 is 2.18 bits per heavy atom. The summed E-state index contributed by atoms with van der Waals surface area (Å²) in [6, 6.07) is 6.65. The van der Waals surface area contributed by atoms with Crippen molar-refractivity contribution in [2.75, 3.05) is 20.3 Å². The third-order valence-corrected chi connectivity index (χ3v) is 3.24. The summed E-state index contributed by atoms with van der Waals surface area (Å²) in [5.74, 6) is 0.926. The van der Waals surface area contributed by atoms with E-state index in [0.29, 0.717) is 19.3 Å². The Hall–Kier alpha value is -1.06. The first kappa shape index (κ1) is 12.4. The van der Waals surface area contributed by atoms with E-state index in [1.165, 1.54) is 17.5 Å². The van der Waals surface area contributed by atoms with E-state index in [0.717, 1.165) is 25.0 Å². The topological polar surface area (TPSA) is 44.5 Å². The average Bonchev–Trinajstić information content (AvgIpc) is 2.49. The average molecular weight is 235 g/mol. The van der Waals surface area contributed by atoms with Gasteiger partial charge in [-0.25, -0.2) is 0 Å². The molecule has 0 aromatic heterocycles. The molecule has 17 heavy (non-hydrogen) atoms. The molecule has 1 unspecified atom stereocenters. The molecule has 1 aliphatic rings. The fourth-order valence-electron chi connectivity index (χ4n) is 2.31. The lowest BCUT2D eigenvalue weighted by molar-refractivity contribution is 0.146. The summed E-state index contributed by atoms with van der Waals surface area (Å²) < 4.78 is 10.6. The quantitative estimate of drug-likeness (QED) is 0.640. The number of benzene rings is 1. The summed E-state index contributed by atoms with van der Waals surface area (Å²) >= 11 is 0. The molecular formula is C14H21NO2. The van der Waals surface area contributed by atoms with Crippen molar-refractivity contribution in [3.63, 3.8) is 0 Å². The van der Waals surface area contributed by atoms with Crippen LogP contribution in [-0.4, -0.2) is 26.4 Å². The van der Waals surface area contributed by atoms with E-state index in [-0.39, 0.29) is 0 Å². The fraction of sp³-hybridized carbons (Fsp3) is 0.571. The largest absolute Gasteiger partial charge is 0.491 e. The fourth-order valence-corrected chi connectivity index (χ4v) is 2.31. The van der Waals surface area contributed by atoms with Crippen LogP contribution in [0.3, 0.4) is 0 Å². The van der Waals surface area contributed by atoms with Crippen molar-refractivity contribution < 1.29 is 9.47 Å². The highest BCUT2D eigenvalue weighted by atomic mass is 16.5. The normalized spacial score (nSPS) is 19.5. The van der Waals surface area contributed by atoms with Gasteiger partial charge in [0.25, 0.3) is 0 Å². The molecule has 0 fully saturated rings. The molecule has 1 aromatic carbocycles. The number of ether oxygens (including phenoxy) is 2. The monoisotopic (exact) mass is 235 g/mol. The third-order valence-electron chi connectivity index (χ3n) is 3.24. The van der Waals surface area contributed by atoms with Gasteiger partial charge < -0.3 is 15.2 Å². The van der Waals surface area contributed by atoms with E-state index >= 15 is 0 Å². The van der Waals surface area contributed by atoms with Crippen LogP contribution in [0, 0.1) is 0 Å². The van der Waals surface area contributed by atoms with Gasteiger partial charge in [-0.2, -0.15) is 0 Å². The van der Waals surface area contributed by atoms with Crippen molar-refractivity contribution in [2.45, 2.75) is 31.7 Å². The Bertz CT molecular complexity index is 365. The molecule has 0 heterocycles. The second-order valence-corrected chi connectivity index (χ2v) is 4.63. The Morgan fingerprint density at radius 3 is 3.00 bits per heavy atom. The Kier molecular flexibility index (Phi) is 4.40. The molecule has 0 radical (unpaired) electrons. The van der Waals surface area contributed by atoms with Gasteiger partial charge in [-0.3, -0.25) is 0 Å². The van der Waals surface area contributed by atoms with Gasteiger partial charge in [-0.1, -0.05) is 6.07 Å². The highest BCUT2D eigenvalue weighted by Gasteiger charge is 2.14. The van der Waals surface area contributed by atoms with E-state index in [1.54, 1.807) is 7.11 Å². The van der Waals surface area contributed by atoms with Gasteiger partial charge in [0.2, 0.25) is 0 Å². The minimum absolute atomic E-state index is 0.297. The molecule has 3 heteroatoms. The zero-order chi connectivity index (χ0) is 12.1. The lowest BCUT2D eigenvalue weighted by Crippen LogP contribution is -2.21. The molecule has 2 N–H and O–H groups in total. The number of fused-ring (bicyclic) bond motifs is 1. The van der Waals surface area contributed by atoms with Crippen LogP contribution in [0.4, 0.5) is 0 Å². The summed E-state index contributed by atoms with van der Waals surface area (Å²) in [4.78, 5) is 0. The molecule has 94 valence electrons. The summed E-state index contributed by atoms with van der Waals surface area (Å²) in [5.41, 5.74) is 8.84. The van der Waals surface area contributed by atoms with Gasteiger partial charge in [0, 0.05) is 13.2 Å². The standard InChI is InChI=1S/C14H21NO2/c1-16-7-8-17-14-6-5-11-3-2-4-13(15)9-12(11)10-14/h5-6,10,13H,2-4,7-9,15H2,1H3. The van der Waals surface area contributed by atoms with Crippen molar-refractivity contribution in [3.05, 3.63) is 29.3 Å². The van der Waals surface area contributed by atoms with Gasteiger partial charge in [-0.15, -0.1) is 0 Å². The minimum atomic E-state index is 0.297. The molecule has 0 aliphatic heterocycles. The second kappa shape index (κ2) is 6.03. The van der Waals surface area contributed by atoms with Crippen LogP contribution in [0.25, 0.3) is 0 Å². The molecule has 0 spiro atoms. The molecule has 1 aromatic rings. The Balaban J connectivity index is 2.06. The van der Waals surface area contributed by atoms with Gasteiger partial charge in [0.05, 0.1) is 6.61 Å². The van der Waals surface area contributed by atoms with E-state index in [1.807, 2.05) is 6.07 Å². The summed E-state index contributed by atoms with van der Waals surface area (Å²) in [7, 11) is 1.68. The van der Waals surface area contributed by atoms with E-state index < -0.39 is 0 Å². The number of hydrogen-bond acceptors (Lipinski definition) is 3. The van der Waals surface area contributed by atoms with E-state index in [4.69, 9.17) is 15.2 Å². The number of methoxy groups -OCH3 is 1. The number of rotatable bonds is 4. The van der Waals surface area contributed by atoms with Crippen molar-refractivity contribution in [2.24, 2.45) is 5.73 Å². The van der Waals surface area contributed by atoms with Gasteiger partial charge in [0.1, 0.15) is 12.4 Å². The molecular weight excluding hydrogens is 214 g/mol. The highest BCUT2D eigenvalue weighted by Crippen LogP contribution is 2.24. The molecule has 0 saturated carbocycles. The van der Waals surface area contributed by atoms with E-state index in [2.05, 4.69) is 12.1 Å². The third kappa shape index (κ3) is 3.45. The van der Waals surface area contributed by atoms with Crippen LogP contribution in [0.5, 0.6) is 5.75 Å². The Morgan fingerprint density at radius 1 is 1.29 bits per heavy atom. The minimum Gasteiger partial charge on any atom is -0.491 e. The van der Waals surface area contributed by atoms with Gasteiger partial charge in [-0.05, 0) is 48.9 Å². The van der Waals surface area contributed by atoms with Crippen LogP contribution in [0.15, 0.2) is 18.2 Å². The number of hydrogen-bond donors (Lipinski definition) is 1. The first-order valence-electron chi connectivity index (χ1n) is 6.28. The van der Waals surface area contributed by atoms with Gasteiger partial charge >= 0.3 is 0 Å².